The van der Waals surface area contributed by atoms with E-state index in [2.05, 4.69) is 5.32 Å². The van der Waals surface area contributed by atoms with Gasteiger partial charge in [-0.25, -0.2) is 0 Å². The lowest BCUT2D eigenvalue weighted by Gasteiger charge is -2.21. The molecule has 0 saturated heterocycles. The highest BCUT2D eigenvalue weighted by molar-refractivity contribution is 8.00. The van der Waals surface area contributed by atoms with E-state index in [4.69, 9.17) is 4.74 Å². The molecule has 0 radical (unpaired) electrons. The molecule has 27 heavy (non-hydrogen) atoms. The number of carbonyl (C=O) groups excluding carboxylic acids is 2. The van der Waals surface area contributed by atoms with E-state index in [1.807, 2.05) is 62.4 Å². The Labute approximate surface area is 165 Å². The van der Waals surface area contributed by atoms with Crippen LogP contribution in [0.25, 0.3) is 0 Å². The molecule has 2 rings (SSSR count). The third-order valence-corrected chi connectivity index (χ3v) is 4.98. The number of methoxy groups -OCH3 is 1. The maximum absolute atomic E-state index is 12.4. The van der Waals surface area contributed by atoms with Crippen LogP contribution in [0.4, 0.5) is 5.69 Å². The van der Waals surface area contributed by atoms with Crippen molar-refractivity contribution in [3.63, 3.8) is 0 Å². The zero-order valence-corrected chi connectivity index (χ0v) is 16.8. The summed E-state index contributed by atoms with van der Waals surface area (Å²) < 4.78 is 5.15. The molecule has 0 aliphatic carbocycles. The third-order valence-electron chi connectivity index (χ3n) is 4.06. The monoisotopic (exact) mass is 386 g/mol. The first-order chi connectivity index (χ1) is 13.0. The molecule has 0 unspecified atom stereocenters. The Bertz CT molecular complexity index is 745. The Morgan fingerprint density at radius 2 is 1.70 bits per heavy atom. The van der Waals surface area contributed by atoms with Crippen molar-refractivity contribution in [1.82, 2.24) is 4.90 Å². The van der Waals surface area contributed by atoms with Crippen molar-refractivity contribution in [2.24, 2.45) is 0 Å². The SMILES string of the molecule is CCN(Cc1ccc(OC)cc1)C(=O)CSCC(=O)Nc1ccc(C)cc1. The fourth-order valence-electron chi connectivity index (χ4n) is 2.48. The summed E-state index contributed by atoms with van der Waals surface area (Å²) >= 11 is 1.33. The molecule has 2 amide bonds. The molecule has 0 heterocycles. The van der Waals surface area contributed by atoms with Crippen LogP contribution >= 0.6 is 11.8 Å². The summed E-state index contributed by atoms with van der Waals surface area (Å²) in [5.41, 5.74) is 2.96. The number of carbonyl (C=O) groups is 2. The lowest BCUT2D eigenvalue weighted by Crippen LogP contribution is -2.32. The van der Waals surface area contributed by atoms with Crippen LogP contribution in [0.2, 0.25) is 0 Å². The number of hydrogen-bond acceptors (Lipinski definition) is 4. The van der Waals surface area contributed by atoms with Gasteiger partial charge in [-0.15, -0.1) is 11.8 Å². The molecular weight excluding hydrogens is 360 g/mol. The van der Waals surface area contributed by atoms with Crippen molar-refractivity contribution in [3.05, 3.63) is 59.7 Å². The normalized spacial score (nSPS) is 10.3. The molecule has 2 aromatic carbocycles. The molecule has 0 aliphatic rings. The van der Waals surface area contributed by atoms with Crippen LogP contribution in [0.3, 0.4) is 0 Å². The highest BCUT2D eigenvalue weighted by Crippen LogP contribution is 2.14. The molecule has 0 bridgehead atoms. The number of aryl methyl sites for hydroxylation is 1. The average molecular weight is 387 g/mol. The molecule has 2 aromatic rings. The molecule has 6 heteroatoms. The first-order valence-electron chi connectivity index (χ1n) is 8.86. The van der Waals surface area contributed by atoms with Gasteiger partial charge in [-0.2, -0.15) is 0 Å². The number of anilines is 1. The standard InChI is InChI=1S/C21H26N2O3S/c1-4-23(13-17-7-11-19(26-3)12-8-17)21(25)15-27-14-20(24)22-18-9-5-16(2)6-10-18/h5-12H,4,13-15H2,1-3H3,(H,22,24). The van der Waals surface area contributed by atoms with Gasteiger partial charge in [0.05, 0.1) is 18.6 Å². The van der Waals surface area contributed by atoms with Gasteiger partial charge in [-0.3, -0.25) is 9.59 Å². The van der Waals surface area contributed by atoms with Crippen molar-refractivity contribution in [1.29, 1.82) is 0 Å². The summed E-state index contributed by atoms with van der Waals surface area (Å²) in [5, 5.41) is 2.84. The molecular formula is C21H26N2O3S. The summed E-state index contributed by atoms with van der Waals surface area (Å²) in [6.45, 7) is 5.13. The minimum Gasteiger partial charge on any atom is -0.497 e. The van der Waals surface area contributed by atoms with Crippen LogP contribution in [-0.2, 0) is 16.1 Å². The molecule has 0 saturated carbocycles. The van der Waals surface area contributed by atoms with Crippen molar-refractivity contribution >= 4 is 29.3 Å². The Kier molecular flexibility index (Phi) is 8.20. The molecule has 144 valence electrons. The number of amides is 2. The van der Waals surface area contributed by atoms with Gasteiger partial charge in [0, 0.05) is 18.8 Å². The number of thioether (sulfide) groups is 1. The summed E-state index contributed by atoms with van der Waals surface area (Å²) in [4.78, 5) is 26.2. The highest BCUT2D eigenvalue weighted by atomic mass is 32.2. The zero-order chi connectivity index (χ0) is 19.6. The van der Waals surface area contributed by atoms with E-state index in [1.54, 1.807) is 12.0 Å². The van der Waals surface area contributed by atoms with Gasteiger partial charge in [0.1, 0.15) is 5.75 Å². The molecule has 0 aromatic heterocycles. The molecule has 0 spiro atoms. The summed E-state index contributed by atoms with van der Waals surface area (Å²) in [5.74, 6) is 1.25. The Balaban J connectivity index is 1.76. The highest BCUT2D eigenvalue weighted by Gasteiger charge is 2.13. The van der Waals surface area contributed by atoms with Crippen LogP contribution in [0, 0.1) is 6.92 Å². The predicted molar refractivity (Wildman–Crippen MR) is 111 cm³/mol. The van der Waals surface area contributed by atoms with E-state index >= 15 is 0 Å². The number of hydrogen-bond donors (Lipinski definition) is 1. The van der Waals surface area contributed by atoms with E-state index < -0.39 is 0 Å². The van der Waals surface area contributed by atoms with E-state index in [0.29, 0.717) is 13.1 Å². The molecule has 0 aliphatic heterocycles. The van der Waals surface area contributed by atoms with Crippen LogP contribution in [0.5, 0.6) is 5.75 Å². The van der Waals surface area contributed by atoms with E-state index in [1.165, 1.54) is 11.8 Å². The van der Waals surface area contributed by atoms with Crippen molar-refractivity contribution in [2.75, 3.05) is 30.5 Å². The number of nitrogens with one attached hydrogen (secondary N) is 1. The van der Waals surface area contributed by atoms with Gasteiger partial charge >= 0.3 is 0 Å². The van der Waals surface area contributed by atoms with E-state index in [9.17, 15) is 9.59 Å². The summed E-state index contributed by atoms with van der Waals surface area (Å²) in [6.07, 6.45) is 0. The maximum atomic E-state index is 12.4. The second-order valence-electron chi connectivity index (χ2n) is 6.16. The smallest absolute Gasteiger partial charge is 0.234 e. The second-order valence-corrected chi connectivity index (χ2v) is 7.15. The number of ether oxygens (including phenoxy) is 1. The minimum absolute atomic E-state index is 0.0291. The Hall–Kier alpha value is -2.47. The van der Waals surface area contributed by atoms with Gasteiger partial charge in [-0.1, -0.05) is 29.8 Å². The third kappa shape index (κ3) is 6.98. The van der Waals surface area contributed by atoms with Crippen LogP contribution in [0.15, 0.2) is 48.5 Å². The number of rotatable bonds is 9. The summed E-state index contributed by atoms with van der Waals surface area (Å²) in [7, 11) is 1.63. The van der Waals surface area contributed by atoms with Gasteiger partial charge < -0.3 is 15.0 Å². The molecule has 1 N–H and O–H groups in total. The lowest BCUT2D eigenvalue weighted by molar-refractivity contribution is -0.128. The zero-order valence-electron chi connectivity index (χ0n) is 16.0. The second kappa shape index (κ2) is 10.6. The quantitative estimate of drug-likeness (QED) is 0.713. The molecule has 5 nitrogen and oxygen atoms in total. The number of benzene rings is 2. The van der Waals surface area contributed by atoms with Crippen LogP contribution < -0.4 is 10.1 Å². The predicted octanol–water partition coefficient (Wildman–Crippen LogP) is 3.72. The van der Waals surface area contributed by atoms with E-state index in [0.717, 1.165) is 22.6 Å². The lowest BCUT2D eigenvalue weighted by atomic mass is 10.2. The summed E-state index contributed by atoms with van der Waals surface area (Å²) in [6, 6.07) is 15.3. The average Bonchev–Trinajstić information content (AvgIpc) is 2.68. The number of nitrogens with zero attached hydrogens (tertiary/aromatic N) is 1. The van der Waals surface area contributed by atoms with Gasteiger partial charge in [0.2, 0.25) is 11.8 Å². The van der Waals surface area contributed by atoms with Crippen molar-refractivity contribution in [2.45, 2.75) is 20.4 Å². The van der Waals surface area contributed by atoms with Crippen LogP contribution in [0.1, 0.15) is 18.1 Å². The Morgan fingerprint density at radius 3 is 2.30 bits per heavy atom. The largest absolute Gasteiger partial charge is 0.497 e. The topological polar surface area (TPSA) is 58.6 Å². The van der Waals surface area contributed by atoms with E-state index in [-0.39, 0.29) is 23.3 Å². The van der Waals surface area contributed by atoms with Crippen molar-refractivity contribution < 1.29 is 14.3 Å². The fraction of sp³-hybridized carbons (Fsp3) is 0.333. The minimum atomic E-state index is -0.102. The van der Waals surface area contributed by atoms with Gasteiger partial charge in [0.15, 0.2) is 0 Å². The van der Waals surface area contributed by atoms with Gasteiger partial charge in [-0.05, 0) is 43.7 Å². The first-order valence-corrected chi connectivity index (χ1v) is 10.0. The van der Waals surface area contributed by atoms with Gasteiger partial charge in [0.25, 0.3) is 0 Å². The fourth-order valence-corrected chi connectivity index (χ4v) is 3.20. The first kappa shape index (κ1) is 20.8. The van der Waals surface area contributed by atoms with Crippen LogP contribution in [-0.4, -0.2) is 41.9 Å². The Morgan fingerprint density at radius 1 is 1.04 bits per heavy atom. The maximum Gasteiger partial charge on any atom is 0.234 e. The molecule has 0 atom stereocenters. The van der Waals surface area contributed by atoms with Crippen molar-refractivity contribution in [3.8, 4) is 5.75 Å². The molecule has 0 fully saturated rings.